The van der Waals surface area contributed by atoms with Crippen molar-refractivity contribution in [2.24, 2.45) is 0 Å². The van der Waals surface area contributed by atoms with Crippen molar-refractivity contribution >= 4 is 22.9 Å². The van der Waals surface area contributed by atoms with E-state index in [1.807, 2.05) is 30.5 Å². The molecule has 0 fully saturated rings. The predicted octanol–water partition coefficient (Wildman–Crippen LogP) is 1.48. The highest BCUT2D eigenvalue weighted by Gasteiger charge is 2.04. The second kappa shape index (κ2) is 6.60. The van der Waals surface area contributed by atoms with Gasteiger partial charge in [0.15, 0.2) is 0 Å². The van der Waals surface area contributed by atoms with Crippen LogP contribution in [0.5, 0.6) is 0 Å². The van der Waals surface area contributed by atoms with E-state index < -0.39 is 5.97 Å². The number of H-pyrrole nitrogens is 1. The van der Waals surface area contributed by atoms with E-state index in [1.54, 1.807) is 0 Å². The Morgan fingerprint density at radius 2 is 1.90 bits per heavy atom. The molecule has 0 saturated carbocycles. The summed E-state index contributed by atoms with van der Waals surface area (Å²) in [5, 5.41) is 14.8. The quantitative estimate of drug-likeness (QED) is 0.643. The number of hydrogen-bond donors (Lipinski definition) is 4. The van der Waals surface area contributed by atoms with Gasteiger partial charge in [-0.1, -0.05) is 18.2 Å². The van der Waals surface area contributed by atoms with Gasteiger partial charge in [0, 0.05) is 30.2 Å². The van der Waals surface area contributed by atoms with Crippen molar-refractivity contribution in [3.63, 3.8) is 0 Å². The average Bonchev–Trinajstić information content (AvgIpc) is 2.82. The lowest BCUT2D eigenvalue weighted by atomic mass is 10.1. The van der Waals surface area contributed by atoms with Crippen molar-refractivity contribution in [3.05, 3.63) is 36.0 Å². The number of urea groups is 1. The zero-order chi connectivity index (χ0) is 14.4. The van der Waals surface area contributed by atoms with Crippen molar-refractivity contribution in [2.45, 2.75) is 12.8 Å². The summed E-state index contributed by atoms with van der Waals surface area (Å²) in [5.74, 6) is -0.927. The Morgan fingerprint density at radius 3 is 2.70 bits per heavy atom. The lowest BCUT2D eigenvalue weighted by Gasteiger charge is -2.06. The van der Waals surface area contributed by atoms with Gasteiger partial charge in [-0.2, -0.15) is 0 Å². The zero-order valence-corrected chi connectivity index (χ0v) is 11.0. The number of aromatic amines is 1. The number of aliphatic carboxylic acids is 1. The molecule has 20 heavy (non-hydrogen) atoms. The first-order valence-electron chi connectivity index (χ1n) is 6.45. The molecule has 106 valence electrons. The van der Waals surface area contributed by atoms with E-state index in [4.69, 9.17) is 5.11 Å². The van der Waals surface area contributed by atoms with Gasteiger partial charge in [0.25, 0.3) is 0 Å². The molecule has 0 radical (unpaired) electrons. The molecule has 0 unspecified atom stereocenters. The third-order valence-corrected chi connectivity index (χ3v) is 2.98. The number of aromatic nitrogens is 1. The van der Waals surface area contributed by atoms with Crippen LogP contribution >= 0.6 is 0 Å². The molecule has 1 aromatic carbocycles. The number of carboxylic acid groups (broad SMARTS) is 1. The third-order valence-electron chi connectivity index (χ3n) is 2.98. The van der Waals surface area contributed by atoms with Crippen molar-refractivity contribution in [1.29, 1.82) is 0 Å². The van der Waals surface area contributed by atoms with E-state index in [0.29, 0.717) is 6.54 Å². The van der Waals surface area contributed by atoms with Crippen LogP contribution in [0.2, 0.25) is 0 Å². The largest absolute Gasteiger partial charge is 0.481 e. The summed E-state index contributed by atoms with van der Waals surface area (Å²) < 4.78 is 0. The molecule has 0 saturated heterocycles. The first kappa shape index (κ1) is 13.9. The van der Waals surface area contributed by atoms with Crippen LogP contribution in [0.4, 0.5) is 4.79 Å². The van der Waals surface area contributed by atoms with Gasteiger partial charge in [0.1, 0.15) is 0 Å². The van der Waals surface area contributed by atoms with E-state index in [2.05, 4.69) is 15.6 Å². The summed E-state index contributed by atoms with van der Waals surface area (Å²) >= 11 is 0. The van der Waals surface area contributed by atoms with Crippen LogP contribution < -0.4 is 10.6 Å². The molecular formula is C14H17N3O3. The molecule has 0 atom stereocenters. The van der Waals surface area contributed by atoms with E-state index in [-0.39, 0.29) is 19.0 Å². The maximum absolute atomic E-state index is 11.4. The van der Waals surface area contributed by atoms with E-state index in [0.717, 1.165) is 22.9 Å². The van der Waals surface area contributed by atoms with E-state index >= 15 is 0 Å². The summed E-state index contributed by atoms with van der Waals surface area (Å²) in [4.78, 5) is 24.9. The zero-order valence-electron chi connectivity index (χ0n) is 11.0. The van der Waals surface area contributed by atoms with Crippen molar-refractivity contribution in [3.8, 4) is 0 Å². The van der Waals surface area contributed by atoms with Gasteiger partial charge in [0.2, 0.25) is 0 Å². The smallest absolute Gasteiger partial charge is 0.314 e. The minimum absolute atomic E-state index is 0.0735. The summed E-state index contributed by atoms with van der Waals surface area (Å²) in [6, 6.07) is 7.65. The van der Waals surface area contributed by atoms with E-state index in [1.165, 1.54) is 0 Å². The topological polar surface area (TPSA) is 94.2 Å². The van der Waals surface area contributed by atoms with Crippen molar-refractivity contribution in [2.75, 3.05) is 13.1 Å². The van der Waals surface area contributed by atoms with Crippen LogP contribution in [-0.4, -0.2) is 35.2 Å². The summed E-state index contributed by atoms with van der Waals surface area (Å²) in [6.45, 7) is 0.634. The lowest BCUT2D eigenvalue weighted by molar-refractivity contribution is -0.136. The highest BCUT2D eigenvalue weighted by molar-refractivity contribution is 5.83. The van der Waals surface area contributed by atoms with Gasteiger partial charge < -0.3 is 20.7 Å². The molecular weight excluding hydrogens is 258 g/mol. The first-order valence-corrected chi connectivity index (χ1v) is 6.45. The average molecular weight is 275 g/mol. The van der Waals surface area contributed by atoms with Crippen LogP contribution in [0.1, 0.15) is 12.0 Å². The molecule has 2 amide bonds. The standard InChI is InChI=1S/C14H17N3O3/c18-13(19)6-8-16-14(20)15-7-5-10-9-17-12-4-2-1-3-11(10)12/h1-4,9,17H,5-8H2,(H,18,19)(H2,15,16,20). The highest BCUT2D eigenvalue weighted by atomic mass is 16.4. The van der Waals surface area contributed by atoms with Crippen LogP contribution in [-0.2, 0) is 11.2 Å². The molecule has 6 nitrogen and oxygen atoms in total. The number of hydrogen-bond acceptors (Lipinski definition) is 2. The first-order chi connectivity index (χ1) is 9.66. The normalized spacial score (nSPS) is 10.4. The molecule has 1 heterocycles. The minimum atomic E-state index is -0.927. The van der Waals surface area contributed by atoms with Gasteiger partial charge in [-0.25, -0.2) is 4.79 Å². The van der Waals surface area contributed by atoms with Gasteiger partial charge in [-0.05, 0) is 18.1 Å². The molecule has 0 bridgehead atoms. The SMILES string of the molecule is O=C(O)CCNC(=O)NCCc1c[nH]c2ccccc12. The lowest BCUT2D eigenvalue weighted by Crippen LogP contribution is -2.37. The number of fused-ring (bicyclic) bond motifs is 1. The number of amides is 2. The molecule has 0 aliphatic carbocycles. The molecule has 6 heteroatoms. The van der Waals surface area contributed by atoms with Crippen LogP contribution in [0, 0.1) is 0 Å². The molecule has 2 aromatic rings. The van der Waals surface area contributed by atoms with Crippen molar-refractivity contribution in [1.82, 2.24) is 15.6 Å². The van der Waals surface area contributed by atoms with Crippen LogP contribution in [0.25, 0.3) is 10.9 Å². The number of carbonyl (C=O) groups is 2. The molecule has 1 aromatic heterocycles. The molecule has 0 aliphatic heterocycles. The molecule has 0 aliphatic rings. The van der Waals surface area contributed by atoms with Crippen molar-refractivity contribution < 1.29 is 14.7 Å². The summed E-state index contributed by atoms with van der Waals surface area (Å²) in [5.41, 5.74) is 2.22. The van der Waals surface area contributed by atoms with Gasteiger partial charge in [0.05, 0.1) is 6.42 Å². The maximum Gasteiger partial charge on any atom is 0.314 e. The van der Waals surface area contributed by atoms with Gasteiger partial charge >= 0.3 is 12.0 Å². The van der Waals surface area contributed by atoms with E-state index in [9.17, 15) is 9.59 Å². The number of nitrogens with one attached hydrogen (secondary N) is 3. The Balaban J connectivity index is 1.75. The molecule has 0 spiro atoms. The fraction of sp³-hybridized carbons (Fsp3) is 0.286. The monoisotopic (exact) mass is 275 g/mol. The summed E-state index contributed by atoms with van der Waals surface area (Å²) in [6.07, 6.45) is 2.58. The Hall–Kier alpha value is -2.50. The van der Waals surface area contributed by atoms with Gasteiger partial charge in [-0.15, -0.1) is 0 Å². The highest BCUT2D eigenvalue weighted by Crippen LogP contribution is 2.17. The Labute approximate surface area is 116 Å². The van der Waals surface area contributed by atoms with Crippen LogP contribution in [0.3, 0.4) is 0 Å². The minimum Gasteiger partial charge on any atom is -0.481 e. The molecule has 4 N–H and O–H groups in total. The maximum atomic E-state index is 11.4. The van der Waals surface area contributed by atoms with Crippen LogP contribution in [0.15, 0.2) is 30.5 Å². The number of benzene rings is 1. The number of carboxylic acids is 1. The number of rotatable bonds is 6. The fourth-order valence-electron chi connectivity index (χ4n) is 1.99. The fourth-order valence-corrected chi connectivity index (χ4v) is 1.99. The Kier molecular flexibility index (Phi) is 4.60. The summed E-state index contributed by atoms with van der Waals surface area (Å²) in [7, 11) is 0. The predicted molar refractivity (Wildman–Crippen MR) is 75.7 cm³/mol. The number of para-hydroxylation sites is 1. The third kappa shape index (κ3) is 3.74. The Bertz CT molecular complexity index is 606. The molecule has 2 rings (SSSR count). The number of carbonyl (C=O) groups excluding carboxylic acids is 1. The Morgan fingerprint density at radius 1 is 1.15 bits per heavy atom. The second-order valence-corrected chi connectivity index (χ2v) is 4.44. The van der Waals surface area contributed by atoms with Gasteiger partial charge in [-0.3, -0.25) is 4.79 Å². The second-order valence-electron chi connectivity index (χ2n) is 4.44.